The summed E-state index contributed by atoms with van der Waals surface area (Å²) in [6.07, 6.45) is 3.26. The molecule has 4 heteroatoms. The SMILES string of the molecule is CCCCN(C)c1ccc(C(=O)N2CCC(CO)C2)cc1. The molecule has 4 nitrogen and oxygen atoms in total. The first-order valence-electron chi connectivity index (χ1n) is 7.87. The van der Waals surface area contributed by atoms with Crippen LogP contribution in [-0.4, -0.2) is 49.2 Å². The zero-order valence-electron chi connectivity index (χ0n) is 13.1. The molecule has 0 radical (unpaired) electrons. The Hall–Kier alpha value is -1.55. The average molecular weight is 290 g/mol. The quantitative estimate of drug-likeness (QED) is 0.875. The lowest BCUT2D eigenvalue weighted by molar-refractivity contribution is 0.0782. The Morgan fingerprint density at radius 2 is 2.10 bits per heavy atom. The van der Waals surface area contributed by atoms with Gasteiger partial charge in [0.1, 0.15) is 0 Å². The van der Waals surface area contributed by atoms with Crippen molar-refractivity contribution in [2.24, 2.45) is 5.92 Å². The maximum Gasteiger partial charge on any atom is 0.253 e. The van der Waals surface area contributed by atoms with E-state index >= 15 is 0 Å². The van der Waals surface area contributed by atoms with Crippen molar-refractivity contribution in [3.05, 3.63) is 29.8 Å². The van der Waals surface area contributed by atoms with Crippen molar-refractivity contribution in [3.8, 4) is 0 Å². The van der Waals surface area contributed by atoms with E-state index in [9.17, 15) is 4.79 Å². The Balaban J connectivity index is 1.97. The Morgan fingerprint density at radius 1 is 1.38 bits per heavy atom. The highest BCUT2D eigenvalue weighted by molar-refractivity contribution is 5.94. The van der Waals surface area contributed by atoms with Crippen LogP contribution in [0, 0.1) is 5.92 Å². The molecule has 116 valence electrons. The van der Waals surface area contributed by atoms with E-state index in [-0.39, 0.29) is 18.4 Å². The van der Waals surface area contributed by atoms with E-state index < -0.39 is 0 Å². The minimum atomic E-state index is 0.0775. The predicted octanol–water partition coefficient (Wildman–Crippen LogP) is 2.38. The van der Waals surface area contributed by atoms with E-state index in [1.165, 1.54) is 12.8 Å². The minimum Gasteiger partial charge on any atom is -0.396 e. The molecule has 1 aliphatic heterocycles. The first-order valence-corrected chi connectivity index (χ1v) is 7.87. The lowest BCUT2D eigenvalue weighted by atomic mass is 10.1. The lowest BCUT2D eigenvalue weighted by Crippen LogP contribution is -2.29. The van der Waals surface area contributed by atoms with Crippen molar-refractivity contribution in [2.45, 2.75) is 26.2 Å². The van der Waals surface area contributed by atoms with Gasteiger partial charge in [0, 0.05) is 50.5 Å². The highest BCUT2D eigenvalue weighted by atomic mass is 16.3. The standard InChI is InChI=1S/C17H26N2O2/c1-3-4-10-18(2)16-7-5-15(6-8-16)17(21)19-11-9-14(12-19)13-20/h5-8,14,20H,3-4,9-13H2,1-2H3. The number of carbonyl (C=O) groups is 1. The number of hydrogen-bond donors (Lipinski definition) is 1. The van der Waals surface area contributed by atoms with Crippen LogP contribution >= 0.6 is 0 Å². The van der Waals surface area contributed by atoms with Gasteiger partial charge in [0.05, 0.1) is 0 Å². The van der Waals surface area contributed by atoms with Gasteiger partial charge in [-0.1, -0.05) is 13.3 Å². The van der Waals surface area contributed by atoms with Gasteiger partial charge in [-0.15, -0.1) is 0 Å². The Bertz CT molecular complexity index is 458. The van der Waals surface area contributed by atoms with Crippen molar-refractivity contribution >= 4 is 11.6 Å². The lowest BCUT2D eigenvalue weighted by Gasteiger charge is -2.20. The zero-order valence-corrected chi connectivity index (χ0v) is 13.1. The zero-order chi connectivity index (χ0) is 15.2. The van der Waals surface area contributed by atoms with Gasteiger partial charge in [0.25, 0.3) is 5.91 Å². The van der Waals surface area contributed by atoms with Crippen LogP contribution in [-0.2, 0) is 0 Å². The topological polar surface area (TPSA) is 43.8 Å². The van der Waals surface area contributed by atoms with E-state index in [4.69, 9.17) is 5.11 Å². The van der Waals surface area contributed by atoms with E-state index in [2.05, 4.69) is 18.9 Å². The molecule has 0 aliphatic carbocycles. The first-order chi connectivity index (χ1) is 10.2. The third-order valence-corrected chi connectivity index (χ3v) is 4.23. The van der Waals surface area contributed by atoms with Crippen LogP contribution in [0.3, 0.4) is 0 Å². The summed E-state index contributed by atoms with van der Waals surface area (Å²) in [5.41, 5.74) is 1.89. The van der Waals surface area contributed by atoms with Crippen LogP contribution < -0.4 is 4.90 Å². The molecule has 1 aliphatic rings. The molecular formula is C17H26N2O2. The van der Waals surface area contributed by atoms with Crippen LogP contribution in [0.15, 0.2) is 24.3 Å². The summed E-state index contributed by atoms with van der Waals surface area (Å²) in [6.45, 7) is 4.82. The van der Waals surface area contributed by atoms with E-state index in [1.54, 1.807) is 0 Å². The van der Waals surface area contributed by atoms with Gasteiger partial charge >= 0.3 is 0 Å². The van der Waals surface area contributed by atoms with Crippen LogP contribution in [0.1, 0.15) is 36.5 Å². The number of aliphatic hydroxyl groups is 1. The van der Waals surface area contributed by atoms with Gasteiger partial charge in [-0.25, -0.2) is 0 Å². The monoisotopic (exact) mass is 290 g/mol. The van der Waals surface area contributed by atoms with E-state index in [0.717, 1.165) is 30.8 Å². The van der Waals surface area contributed by atoms with Crippen LogP contribution in [0.25, 0.3) is 0 Å². The molecule has 0 saturated carbocycles. The average Bonchev–Trinajstić information content (AvgIpc) is 3.01. The van der Waals surface area contributed by atoms with Crippen molar-refractivity contribution in [2.75, 3.05) is 38.2 Å². The summed E-state index contributed by atoms with van der Waals surface area (Å²) < 4.78 is 0. The summed E-state index contributed by atoms with van der Waals surface area (Å²) in [6, 6.07) is 7.85. The van der Waals surface area contributed by atoms with Gasteiger partial charge in [0.2, 0.25) is 0 Å². The number of likely N-dealkylation sites (tertiary alicyclic amines) is 1. The largest absolute Gasteiger partial charge is 0.396 e. The second kappa shape index (κ2) is 7.46. The van der Waals surface area contributed by atoms with E-state index in [0.29, 0.717) is 6.54 Å². The third-order valence-electron chi connectivity index (χ3n) is 4.23. The van der Waals surface area contributed by atoms with Crippen molar-refractivity contribution in [3.63, 3.8) is 0 Å². The van der Waals surface area contributed by atoms with Gasteiger partial charge < -0.3 is 14.9 Å². The van der Waals surface area contributed by atoms with Crippen LogP contribution in [0.2, 0.25) is 0 Å². The molecular weight excluding hydrogens is 264 g/mol. The summed E-state index contributed by atoms with van der Waals surface area (Å²) in [4.78, 5) is 16.5. The highest BCUT2D eigenvalue weighted by Crippen LogP contribution is 2.20. The summed E-state index contributed by atoms with van der Waals surface area (Å²) in [5, 5.41) is 9.16. The molecule has 1 atom stereocenters. The van der Waals surface area contributed by atoms with Crippen molar-refractivity contribution in [1.82, 2.24) is 4.90 Å². The number of rotatable bonds is 6. The summed E-state index contributed by atoms with van der Waals surface area (Å²) >= 11 is 0. The number of amides is 1. The number of benzene rings is 1. The number of unbranched alkanes of at least 4 members (excludes halogenated alkanes) is 1. The normalized spacial score (nSPS) is 18.0. The van der Waals surface area contributed by atoms with Crippen molar-refractivity contribution < 1.29 is 9.90 Å². The Labute approximate surface area is 127 Å². The Morgan fingerprint density at radius 3 is 2.67 bits per heavy atom. The molecule has 1 N–H and O–H groups in total. The van der Waals surface area contributed by atoms with Gasteiger partial charge in [0.15, 0.2) is 0 Å². The molecule has 0 bridgehead atoms. The molecule has 1 unspecified atom stereocenters. The summed E-state index contributed by atoms with van der Waals surface area (Å²) in [5.74, 6) is 0.321. The molecule has 0 spiro atoms. The number of carbonyl (C=O) groups excluding carboxylic acids is 1. The maximum absolute atomic E-state index is 12.4. The molecule has 1 aromatic carbocycles. The van der Waals surface area contributed by atoms with Crippen molar-refractivity contribution in [1.29, 1.82) is 0 Å². The van der Waals surface area contributed by atoms with Gasteiger partial charge in [-0.3, -0.25) is 4.79 Å². The molecule has 1 amide bonds. The molecule has 0 aromatic heterocycles. The first kappa shape index (κ1) is 15.8. The molecule has 2 rings (SSSR count). The van der Waals surface area contributed by atoms with E-state index in [1.807, 2.05) is 29.2 Å². The molecule has 21 heavy (non-hydrogen) atoms. The number of aliphatic hydroxyl groups excluding tert-OH is 1. The van der Waals surface area contributed by atoms with Gasteiger partial charge in [-0.05, 0) is 37.1 Å². The molecule has 1 fully saturated rings. The maximum atomic E-state index is 12.4. The van der Waals surface area contributed by atoms with Crippen LogP contribution in [0.5, 0.6) is 0 Å². The number of hydrogen-bond acceptors (Lipinski definition) is 3. The van der Waals surface area contributed by atoms with Gasteiger partial charge in [-0.2, -0.15) is 0 Å². The highest BCUT2D eigenvalue weighted by Gasteiger charge is 2.26. The number of anilines is 1. The third kappa shape index (κ3) is 3.97. The Kier molecular flexibility index (Phi) is 5.62. The second-order valence-electron chi connectivity index (χ2n) is 5.91. The number of nitrogens with zero attached hydrogens (tertiary/aromatic N) is 2. The molecule has 1 aromatic rings. The fraction of sp³-hybridized carbons (Fsp3) is 0.588. The predicted molar refractivity (Wildman–Crippen MR) is 85.7 cm³/mol. The summed E-state index contributed by atoms with van der Waals surface area (Å²) in [7, 11) is 2.08. The van der Waals surface area contributed by atoms with Crippen LogP contribution in [0.4, 0.5) is 5.69 Å². The molecule has 1 heterocycles. The minimum absolute atomic E-state index is 0.0775. The fourth-order valence-corrected chi connectivity index (χ4v) is 2.73. The fourth-order valence-electron chi connectivity index (χ4n) is 2.73. The molecule has 1 saturated heterocycles. The second-order valence-corrected chi connectivity index (χ2v) is 5.91. The smallest absolute Gasteiger partial charge is 0.253 e.